The highest BCUT2D eigenvalue weighted by Gasteiger charge is 2.39. The molecule has 0 aromatic heterocycles. The number of hydrogen-bond acceptors (Lipinski definition) is 7. The van der Waals surface area contributed by atoms with Gasteiger partial charge in [0, 0.05) is 0 Å². The molecule has 0 bridgehead atoms. The van der Waals surface area contributed by atoms with Crippen LogP contribution in [0.2, 0.25) is 5.02 Å². The van der Waals surface area contributed by atoms with Gasteiger partial charge in [-0.3, -0.25) is 4.79 Å². The summed E-state index contributed by atoms with van der Waals surface area (Å²) in [5.74, 6) is -0.936. The lowest BCUT2D eigenvalue weighted by Gasteiger charge is -2.23. The van der Waals surface area contributed by atoms with Gasteiger partial charge in [-0.2, -0.15) is 0 Å². The van der Waals surface area contributed by atoms with E-state index in [0.717, 1.165) is 0 Å². The van der Waals surface area contributed by atoms with Crippen molar-refractivity contribution < 1.29 is 32.2 Å². The topological polar surface area (TPSA) is 108 Å². The van der Waals surface area contributed by atoms with Crippen molar-refractivity contribution in [2.24, 2.45) is 0 Å². The van der Waals surface area contributed by atoms with E-state index in [9.17, 15) is 18.0 Å². The minimum absolute atomic E-state index is 0.0215. The average molecular weight is 406 g/mol. The highest BCUT2D eigenvalue weighted by Crippen LogP contribution is 2.36. The fourth-order valence-corrected chi connectivity index (χ4v) is 5.11. The predicted molar refractivity (Wildman–Crippen MR) is 94.7 cm³/mol. The molecular weight excluding hydrogens is 386 g/mol. The Bertz CT molecular complexity index is 824. The molecule has 1 aliphatic heterocycles. The summed E-state index contributed by atoms with van der Waals surface area (Å²) in [6.07, 6.45) is 0.320. The third kappa shape index (κ3) is 4.79. The molecule has 26 heavy (non-hydrogen) atoms. The number of carbonyl (C=O) groups excluding carboxylic acids is 2. The molecule has 1 fully saturated rings. The van der Waals surface area contributed by atoms with Gasteiger partial charge in [0.05, 0.1) is 41.9 Å². The Hall–Kier alpha value is -2.00. The molecule has 144 valence electrons. The summed E-state index contributed by atoms with van der Waals surface area (Å²) >= 11 is 6.03. The van der Waals surface area contributed by atoms with Crippen LogP contribution in [-0.2, 0) is 19.4 Å². The van der Waals surface area contributed by atoms with Crippen molar-refractivity contribution in [3.05, 3.63) is 22.7 Å². The molecule has 0 aliphatic carbocycles. The van der Waals surface area contributed by atoms with E-state index in [1.807, 2.05) is 0 Å². The zero-order valence-corrected chi connectivity index (χ0v) is 16.2. The number of rotatable bonds is 6. The monoisotopic (exact) mass is 405 g/mol. The van der Waals surface area contributed by atoms with Gasteiger partial charge in [-0.1, -0.05) is 11.6 Å². The molecule has 10 heteroatoms. The second-order valence-electron chi connectivity index (χ2n) is 6.22. The highest BCUT2D eigenvalue weighted by molar-refractivity contribution is 7.91. The third-order valence-corrected chi connectivity index (χ3v) is 6.13. The van der Waals surface area contributed by atoms with E-state index in [4.69, 9.17) is 25.8 Å². The van der Waals surface area contributed by atoms with Crippen LogP contribution in [0, 0.1) is 0 Å². The van der Waals surface area contributed by atoms with Gasteiger partial charge in [-0.15, -0.1) is 0 Å². The first-order valence-corrected chi connectivity index (χ1v) is 9.89. The number of amides is 1. The molecule has 0 saturated carbocycles. The number of methoxy groups -OCH3 is 2. The van der Waals surface area contributed by atoms with E-state index < -0.39 is 33.9 Å². The SMILES string of the molecule is COc1cc(C(=O)OCC(=O)N[C@]2(C)CCS(=O)(=O)C2)cc(Cl)c1OC. The van der Waals surface area contributed by atoms with Crippen LogP contribution in [0.3, 0.4) is 0 Å². The fraction of sp³-hybridized carbons (Fsp3) is 0.500. The molecule has 1 amide bonds. The Kier molecular flexibility index (Phi) is 6.02. The quantitative estimate of drug-likeness (QED) is 0.708. The molecule has 1 heterocycles. The summed E-state index contributed by atoms with van der Waals surface area (Å²) in [6.45, 7) is 1.10. The first kappa shape index (κ1) is 20.3. The zero-order valence-electron chi connectivity index (χ0n) is 14.6. The summed E-state index contributed by atoms with van der Waals surface area (Å²) < 4.78 is 38.3. The molecule has 8 nitrogen and oxygen atoms in total. The Morgan fingerprint density at radius 2 is 1.96 bits per heavy atom. The maximum absolute atomic E-state index is 12.1. The lowest BCUT2D eigenvalue weighted by molar-refractivity contribution is -0.125. The number of esters is 1. The molecule has 1 aromatic rings. The molecule has 1 aliphatic rings. The smallest absolute Gasteiger partial charge is 0.338 e. The number of benzene rings is 1. The zero-order chi connectivity index (χ0) is 19.5. The number of ether oxygens (including phenoxy) is 3. The fourth-order valence-electron chi connectivity index (χ4n) is 2.73. The normalized spacial score (nSPS) is 21.1. The Morgan fingerprint density at radius 1 is 1.27 bits per heavy atom. The van der Waals surface area contributed by atoms with Gasteiger partial charge in [0.25, 0.3) is 5.91 Å². The molecule has 2 rings (SSSR count). The molecule has 1 N–H and O–H groups in total. The van der Waals surface area contributed by atoms with Crippen molar-refractivity contribution >= 4 is 33.3 Å². The number of nitrogens with one attached hydrogen (secondary N) is 1. The van der Waals surface area contributed by atoms with E-state index in [1.165, 1.54) is 26.4 Å². The van der Waals surface area contributed by atoms with Crippen molar-refractivity contribution in [2.75, 3.05) is 32.3 Å². The van der Waals surface area contributed by atoms with Crippen LogP contribution in [0.15, 0.2) is 12.1 Å². The largest absolute Gasteiger partial charge is 0.493 e. The molecule has 0 radical (unpaired) electrons. The minimum Gasteiger partial charge on any atom is -0.493 e. The maximum Gasteiger partial charge on any atom is 0.338 e. The summed E-state index contributed by atoms with van der Waals surface area (Å²) in [7, 11) is -0.347. The Balaban J connectivity index is 1.98. The molecule has 1 atom stereocenters. The number of carbonyl (C=O) groups is 2. The van der Waals surface area contributed by atoms with Crippen LogP contribution in [0.25, 0.3) is 0 Å². The maximum atomic E-state index is 12.1. The van der Waals surface area contributed by atoms with Crippen LogP contribution < -0.4 is 14.8 Å². The van der Waals surface area contributed by atoms with Crippen molar-refractivity contribution in [3.63, 3.8) is 0 Å². The van der Waals surface area contributed by atoms with Gasteiger partial charge < -0.3 is 19.5 Å². The van der Waals surface area contributed by atoms with Crippen LogP contribution in [0.5, 0.6) is 11.5 Å². The Morgan fingerprint density at radius 3 is 2.50 bits per heavy atom. The molecule has 1 saturated heterocycles. The molecular formula is C16H20ClNO7S. The Labute approximate surface area is 156 Å². The summed E-state index contributed by atoms with van der Waals surface area (Å²) in [5.41, 5.74) is -0.760. The summed E-state index contributed by atoms with van der Waals surface area (Å²) in [5, 5.41) is 2.76. The van der Waals surface area contributed by atoms with Crippen LogP contribution in [0.4, 0.5) is 0 Å². The number of hydrogen-bond donors (Lipinski definition) is 1. The van der Waals surface area contributed by atoms with Gasteiger partial charge in [-0.05, 0) is 25.5 Å². The second kappa shape index (κ2) is 7.71. The van der Waals surface area contributed by atoms with Crippen LogP contribution in [0.1, 0.15) is 23.7 Å². The first-order chi connectivity index (χ1) is 12.1. The van der Waals surface area contributed by atoms with Gasteiger partial charge in [-0.25, -0.2) is 13.2 Å². The standard InChI is InChI=1S/C16H20ClNO7S/c1-16(4-5-26(21,22)9-16)18-13(19)8-25-15(20)10-6-11(17)14(24-3)12(7-10)23-2/h6-7H,4-5,8-9H2,1-3H3,(H,18,19)/t16-/m1/s1. The first-order valence-electron chi connectivity index (χ1n) is 7.69. The van der Waals surface area contributed by atoms with Gasteiger partial charge in [0.2, 0.25) is 0 Å². The van der Waals surface area contributed by atoms with Crippen LogP contribution >= 0.6 is 11.6 Å². The highest BCUT2D eigenvalue weighted by atomic mass is 35.5. The van der Waals surface area contributed by atoms with Gasteiger partial charge in [0.1, 0.15) is 0 Å². The van der Waals surface area contributed by atoms with Crippen LogP contribution in [-0.4, -0.2) is 58.2 Å². The second-order valence-corrected chi connectivity index (χ2v) is 8.81. The third-order valence-electron chi connectivity index (χ3n) is 3.95. The lowest BCUT2D eigenvalue weighted by Crippen LogP contribution is -2.48. The van der Waals surface area contributed by atoms with Crippen molar-refractivity contribution in [1.82, 2.24) is 5.32 Å². The lowest BCUT2D eigenvalue weighted by atomic mass is 10.0. The summed E-state index contributed by atoms with van der Waals surface area (Å²) in [4.78, 5) is 24.1. The van der Waals surface area contributed by atoms with E-state index >= 15 is 0 Å². The van der Waals surface area contributed by atoms with E-state index in [1.54, 1.807) is 6.92 Å². The molecule has 0 unspecified atom stereocenters. The van der Waals surface area contributed by atoms with E-state index in [0.29, 0.717) is 6.42 Å². The van der Waals surface area contributed by atoms with Gasteiger partial charge in [0.15, 0.2) is 27.9 Å². The van der Waals surface area contributed by atoms with Crippen molar-refractivity contribution in [3.8, 4) is 11.5 Å². The average Bonchev–Trinajstić information content (AvgIpc) is 2.84. The summed E-state index contributed by atoms with van der Waals surface area (Å²) in [6, 6.07) is 2.73. The van der Waals surface area contributed by atoms with Crippen molar-refractivity contribution in [1.29, 1.82) is 0 Å². The van der Waals surface area contributed by atoms with E-state index in [2.05, 4.69) is 5.32 Å². The predicted octanol–water partition coefficient (Wildman–Crippen LogP) is 1.21. The molecule has 1 aromatic carbocycles. The number of halogens is 1. The number of sulfone groups is 1. The van der Waals surface area contributed by atoms with Gasteiger partial charge >= 0.3 is 5.97 Å². The van der Waals surface area contributed by atoms with E-state index in [-0.39, 0.29) is 33.6 Å². The van der Waals surface area contributed by atoms with Crippen molar-refractivity contribution in [2.45, 2.75) is 18.9 Å². The minimum atomic E-state index is -3.16. The molecule has 0 spiro atoms.